The van der Waals surface area contributed by atoms with Crippen molar-refractivity contribution < 1.29 is 22.0 Å². The lowest BCUT2D eigenvalue weighted by Gasteiger charge is -2.39. The van der Waals surface area contributed by atoms with Crippen LogP contribution >= 0.6 is 0 Å². The van der Waals surface area contributed by atoms with E-state index in [0.717, 1.165) is 60.8 Å². The Kier molecular flexibility index (Phi) is 7.71. The number of hydrogen-bond acceptors (Lipinski definition) is 1. The van der Waals surface area contributed by atoms with Crippen LogP contribution in [0.5, 0.6) is 0 Å². The molecule has 0 spiro atoms. The molecule has 1 saturated heterocycles. The van der Waals surface area contributed by atoms with Crippen molar-refractivity contribution >= 4 is 11.1 Å². The van der Waals surface area contributed by atoms with Crippen molar-refractivity contribution in [2.75, 3.05) is 26.3 Å². The topological polar surface area (TPSA) is 3.24 Å². The summed E-state index contributed by atoms with van der Waals surface area (Å²) in [6, 6.07) is 19.1. The molecule has 2 aliphatic rings. The van der Waals surface area contributed by atoms with Crippen molar-refractivity contribution in [3.8, 4) is 0 Å². The second kappa shape index (κ2) is 11.0. The molecule has 5 rings (SSSR count). The fourth-order valence-corrected chi connectivity index (χ4v) is 6.00. The van der Waals surface area contributed by atoms with Crippen LogP contribution in [0.25, 0.3) is 11.1 Å². The van der Waals surface area contributed by atoms with Crippen molar-refractivity contribution in [1.29, 1.82) is 0 Å². The fraction of sp³-hybridized carbons (Fsp3) is 0.375. The Hall–Kier alpha value is -2.99. The maximum absolute atomic E-state index is 14.1. The molecule has 0 saturated carbocycles. The van der Waals surface area contributed by atoms with E-state index in [9.17, 15) is 22.0 Å². The van der Waals surface area contributed by atoms with Gasteiger partial charge in [0.1, 0.15) is 5.82 Å². The first kappa shape index (κ1) is 26.6. The monoisotopic (exact) mass is 525 g/mol. The van der Waals surface area contributed by atoms with Crippen LogP contribution in [0.4, 0.5) is 22.0 Å². The van der Waals surface area contributed by atoms with Crippen LogP contribution in [0.3, 0.4) is 0 Å². The quantitative estimate of drug-likeness (QED) is 0.281. The molecule has 1 heterocycles. The highest BCUT2D eigenvalue weighted by Crippen LogP contribution is 2.46. The molecular formula is C32H32F5N. The molecule has 0 bridgehead atoms. The van der Waals surface area contributed by atoms with Crippen molar-refractivity contribution in [1.82, 2.24) is 4.90 Å². The number of allylic oxidation sites excluding steroid dienone is 1. The molecule has 0 N–H and O–H groups in total. The Morgan fingerprint density at radius 2 is 1.66 bits per heavy atom. The summed E-state index contributed by atoms with van der Waals surface area (Å²) >= 11 is 0. The predicted molar refractivity (Wildman–Crippen MR) is 142 cm³/mol. The van der Waals surface area contributed by atoms with Gasteiger partial charge in [-0.1, -0.05) is 61.5 Å². The van der Waals surface area contributed by atoms with Gasteiger partial charge in [-0.05, 0) is 88.6 Å². The molecule has 0 aromatic heterocycles. The molecule has 1 nitrogen and oxygen atoms in total. The Morgan fingerprint density at radius 1 is 0.921 bits per heavy atom. The van der Waals surface area contributed by atoms with Gasteiger partial charge in [0, 0.05) is 19.6 Å². The molecule has 1 fully saturated rings. The average molecular weight is 526 g/mol. The first-order chi connectivity index (χ1) is 18.2. The van der Waals surface area contributed by atoms with E-state index in [1.54, 1.807) is 0 Å². The third-order valence-corrected chi connectivity index (χ3v) is 7.88. The van der Waals surface area contributed by atoms with Crippen LogP contribution in [-0.4, -0.2) is 31.2 Å². The van der Waals surface area contributed by atoms with Gasteiger partial charge < -0.3 is 4.90 Å². The first-order valence-corrected chi connectivity index (χ1v) is 13.3. The van der Waals surface area contributed by atoms with Crippen LogP contribution in [0.1, 0.15) is 53.1 Å². The summed E-state index contributed by atoms with van der Waals surface area (Å²) < 4.78 is 68.8. The zero-order valence-corrected chi connectivity index (χ0v) is 21.5. The molecular weight excluding hydrogens is 493 g/mol. The van der Waals surface area contributed by atoms with Gasteiger partial charge in [-0.2, -0.15) is 13.2 Å². The van der Waals surface area contributed by atoms with Gasteiger partial charge >= 0.3 is 6.18 Å². The standard InChI is InChI=1S/C32H32F5N/c1-21-7-10-24-5-2-3-6-27(24)31(30(21)28-14-13-26(34)18-29(28)32(35,36)37)25-11-8-22(9-12-25)17-23-19-38(20-23)16-4-15-33/h2-3,5-6,8-9,11-14,18,21,23H,4,7,10,15-17,19-20H2,1H3. The van der Waals surface area contributed by atoms with E-state index in [0.29, 0.717) is 30.4 Å². The third-order valence-electron chi connectivity index (χ3n) is 7.88. The number of likely N-dealkylation sites (tertiary alicyclic amines) is 1. The Morgan fingerprint density at radius 3 is 2.37 bits per heavy atom. The van der Waals surface area contributed by atoms with E-state index in [2.05, 4.69) is 17.0 Å². The molecule has 1 atom stereocenters. The molecule has 0 radical (unpaired) electrons. The van der Waals surface area contributed by atoms with Crippen molar-refractivity contribution in [2.45, 2.75) is 38.8 Å². The molecule has 3 aromatic rings. The predicted octanol–water partition coefficient (Wildman–Crippen LogP) is 8.22. The second-order valence-electron chi connectivity index (χ2n) is 10.6. The van der Waals surface area contributed by atoms with Crippen LogP contribution < -0.4 is 0 Å². The number of aryl methyl sites for hydroxylation is 1. The van der Waals surface area contributed by atoms with Crippen LogP contribution in [0, 0.1) is 17.7 Å². The highest BCUT2D eigenvalue weighted by molar-refractivity contribution is 6.01. The number of benzene rings is 3. The van der Waals surface area contributed by atoms with Gasteiger partial charge in [-0.3, -0.25) is 4.39 Å². The maximum atomic E-state index is 14.1. The number of fused-ring (bicyclic) bond motifs is 1. The lowest BCUT2D eigenvalue weighted by atomic mass is 9.81. The minimum atomic E-state index is -4.67. The molecule has 1 aliphatic heterocycles. The smallest absolute Gasteiger partial charge is 0.303 e. The Labute approximate surface area is 221 Å². The molecule has 0 amide bonds. The van der Waals surface area contributed by atoms with Crippen LogP contribution in [-0.2, 0) is 19.0 Å². The van der Waals surface area contributed by atoms with Crippen LogP contribution in [0.2, 0.25) is 0 Å². The van der Waals surface area contributed by atoms with Crippen molar-refractivity contribution in [2.24, 2.45) is 11.8 Å². The fourth-order valence-electron chi connectivity index (χ4n) is 6.00. The molecule has 6 heteroatoms. The number of nitrogens with zero attached hydrogens (tertiary/aromatic N) is 1. The summed E-state index contributed by atoms with van der Waals surface area (Å²) in [5.74, 6) is -0.523. The molecule has 1 unspecified atom stereocenters. The zero-order valence-electron chi connectivity index (χ0n) is 21.5. The Balaban J connectivity index is 1.56. The maximum Gasteiger partial charge on any atom is 0.417 e. The number of rotatable bonds is 7. The summed E-state index contributed by atoms with van der Waals surface area (Å²) in [4.78, 5) is 2.26. The van der Waals surface area contributed by atoms with Crippen molar-refractivity contribution in [3.63, 3.8) is 0 Å². The summed E-state index contributed by atoms with van der Waals surface area (Å²) in [5.41, 5.74) is 4.58. The third kappa shape index (κ3) is 5.56. The van der Waals surface area contributed by atoms with E-state index < -0.39 is 17.6 Å². The van der Waals surface area contributed by atoms with E-state index in [-0.39, 0.29) is 18.2 Å². The second-order valence-corrected chi connectivity index (χ2v) is 10.6. The van der Waals surface area contributed by atoms with Gasteiger partial charge in [-0.25, -0.2) is 4.39 Å². The zero-order chi connectivity index (χ0) is 26.9. The normalized spacial score (nSPS) is 18.7. The minimum absolute atomic E-state index is 0.0463. The molecule has 38 heavy (non-hydrogen) atoms. The minimum Gasteiger partial charge on any atom is -0.303 e. The molecule has 1 aliphatic carbocycles. The molecule has 3 aromatic carbocycles. The van der Waals surface area contributed by atoms with Gasteiger partial charge in [0.25, 0.3) is 0 Å². The van der Waals surface area contributed by atoms with Gasteiger partial charge in [0.05, 0.1) is 12.2 Å². The summed E-state index contributed by atoms with van der Waals surface area (Å²) in [6.07, 6.45) is -1.73. The SMILES string of the molecule is CC1CCc2ccccc2C(c2ccc(CC3CN(CCCF)C3)cc2)=C1c1ccc(F)cc1C(F)(F)F. The van der Waals surface area contributed by atoms with Gasteiger partial charge in [0.15, 0.2) is 0 Å². The highest BCUT2D eigenvalue weighted by atomic mass is 19.4. The first-order valence-electron chi connectivity index (χ1n) is 13.3. The number of alkyl halides is 4. The summed E-state index contributed by atoms with van der Waals surface area (Å²) in [5, 5.41) is 0. The molecule has 200 valence electrons. The highest BCUT2D eigenvalue weighted by Gasteiger charge is 2.37. The average Bonchev–Trinajstić information content (AvgIpc) is 3.02. The van der Waals surface area contributed by atoms with E-state index in [1.165, 1.54) is 11.6 Å². The van der Waals surface area contributed by atoms with E-state index in [4.69, 9.17) is 0 Å². The van der Waals surface area contributed by atoms with Crippen molar-refractivity contribution in [3.05, 3.63) is 106 Å². The van der Waals surface area contributed by atoms with E-state index in [1.807, 2.05) is 43.3 Å². The summed E-state index contributed by atoms with van der Waals surface area (Å²) in [6.45, 7) is 4.40. The number of halogens is 5. The van der Waals surface area contributed by atoms with Gasteiger partial charge in [-0.15, -0.1) is 0 Å². The van der Waals surface area contributed by atoms with E-state index >= 15 is 0 Å². The summed E-state index contributed by atoms with van der Waals surface area (Å²) in [7, 11) is 0. The van der Waals surface area contributed by atoms with Gasteiger partial charge in [0.2, 0.25) is 0 Å². The largest absolute Gasteiger partial charge is 0.417 e. The Bertz CT molecular complexity index is 1300. The number of hydrogen-bond donors (Lipinski definition) is 0. The lowest BCUT2D eigenvalue weighted by molar-refractivity contribution is -0.138. The van der Waals surface area contributed by atoms with Crippen LogP contribution in [0.15, 0.2) is 66.7 Å². The lowest BCUT2D eigenvalue weighted by Crippen LogP contribution is -2.47.